The normalized spacial score (nSPS) is 12.3. The maximum absolute atomic E-state index is 12.8. The molecule has 0 fully saturated rings. The molecule has 0 unspecified atom stereocenters. The Morgan fingerprint density at radius 1 is 1.08 bits per heavy atom. The molecular weight excluding hydrogens is 340 g/mol. The van der Waals surface area contributed by atoms with Crippen molar-refractivity contribution in [2.45, 2.75) is 25.8 Å². The van der Waals surface area contributed by atoms with Crippen LogP contribution < -0.4 is 5.32 Å². The molecule has 1 aromatic carbocycles. The number of benzene rings is 1. The Labute approximate surface area is 132 Å². The molecule has 0 saturated heterocycles. The minimum atomic E-state index is -4.98. The number of aryl methyl sites for hydroxylation is 1. The molecule has 0 aliphatic carbocycles. The van der Waals surface area contributed by atoms with Gasteiger partial charge in [0.1, 0.15) is 0 Å². The van der Waals surface area contributed by atoms with Crippen molar-refractivity contribution in [2.75, 3.05) is 5.32 Å². The lowest BCUT2D eigenvalue weighted by Gasteiger charge is -2.14. The van der Waals surface area contributed by atoms with Crippen molar-refractivity contribution in [3.63, 3.8) is 0 Å². The third kappa shape index (κ3) is 4.06. The number of hydrogen-bond acceptors (Lipinski definition) is 2. The first-order chi connectivity index (χ1) is 11.0. The highest BCUT2D eigenvalue weighted by Gasteiger charge is 2.37. The fourth-order valence-corrected chi connectivity index (χ4v) is 1.88. The van der Waals surface area contributed by atoms with Gasteiger partial charge in [-0.15, -0.1) is 0 Å². The molecule has 0 aliphatic rings. The molecule has 2 rings (SSSR count). The van der Waals surface area contributed by atoms with Crippen LogP contribution in [0.15, 0.2) is 30.6 Å². The van der Waals surface area contributed by atoms with E-state index in [0.717, 1.165) is 6.20 Å². The summed E-state index contributed by atoms with van der Waals surface area (Å²) in [6.07, 6.45) is -7.47. The molecule has 1 heterocycles. The fraction of sp³-hybridized carbons (Fsp3) is 0.286. The summed E-state index contributed by atoms with van der Waals surface area (Å²) in [4.78, 5) is 11.9. The van der Waals surface area contributed by atoms with Crippen LogP contribution in [0.25, 0.3) is 0 Å². The van der Waals surface area contributed by atoms with Crippen LogP contribution in [0.2, 0.25) is 0 Å². The number of amides is 1. The van der Waals surface area contributed by atoms with Gasteiger partial charge < -0.3 is 5.32 Å². The maximum atomic E-state index is 12.8. The first-order valence-electron chi connectivity index (χ1n) is 6.64. The number of halogens is 6. The Morgan fingerprint density at radius 3 is 2.04 bits per heavy atom. The highest BCUT2D eigenvalue weighted by molar-refractivity contribution is 6.04. The Hall–Kier alpha value is -2.52. The third-order valence-electron chi connectivity index (χ3n) is 3.06. The van der Waals surface area contributed by atoms with E-state index < -0.39 is 35.1 Å². The Kier molecular flexibility index (Phi) is 4.59. The first kappa shape index (κ1) is 17.8. The summed E-state index contributed by atoms with van der Waals surface area (Å²) in [5, 5.41) is 5.84. The van der Waals surface area contributed by atoms with E-state index in [1.54, 1.807) is 6.92 Å². The van der Waals surface area contributed by atoms with E-state index >= 15 is 0 Å². The number of carbonyl (C=O) groups is 1. The van der Waals surface area contributed by atoms with Gasteiger partial charge >= 0.3 is 12.4 Å². The van der Waals surface area contributed by atoms with Crippen LogP contribution in [0.1, 0.15) is 28.4 Å². The lowest BCUT2D eigenvalue weighted by molar-refractivity contribution is -0.143. The van der Waals surface area contributed by atoms with Gasteiger partial charge in [0.15, 0.2) is 0 Å². The molecule has 10 heteroatoms. The third-order valence-corrected chi connectivity index (χ3v) is 3.06. The monoisotopic (exact) mass is 351 g/mol. The summed E-state index contributed by atoms with van der Waals surface area (Å²) in [7, 11) is 0. The van der Waals surface area contributed by atoms with E-state index in [2.05, 4.69) is 5.10 Å². The maximum Gasteiger partial charge on any atom is 0.416 e. The largest absolute Gasteiger partial charge is 0.416 e. The van der Waals surface area contributed by atoms with Crippen molar-refractivity contribution in [2.24, 2.45) is 0 Å². The molecule has 0 radical (unpaired) electrons. The molecule has 0 bridgehead atoms. The standard InChI is InChI=1S/C14H11F6N3O/c1-2-23-7-8(6-21-23)12(24)22-11-4-9(13(15,16)17)3-10(5-11)14(18,19)20/h3-7H,2H2,1H3,(H,22,24). The van der Waals surface area contributed by atoms with Crippen molar-refractivity contribution >= 4 is 11.6 Å². The highest BCUT2D eigenvalue weighted by atomic mass is 19.4. The molecule has 24 heavy (non-hydrogen) atoms. The molecule has 0 saturated carbocycles. The second kappa shape index (κ2) is 6.17. The highest BCUT2D eigenvalue weighted by Crippen LogP contribution is 2.37. The SMILES string of the molecule is CCn1cc(C(=O)Nc2cc(C(F)(F)F)cc(C(F)(F)F)c2)cn1. The Balaban J connectivity index is 2.36. The molecule has 130 valence electrons. The molecule has 1 aromatic heterocycles. The number of nitrogens with zero attached hydrogens (tertiary/aromatic N) is 2. The fourth-order valence-electron chi connectivity index (χ4n) is 1.88. The zero-order valence-corrected chi connectivity index (χ0v) is 12.2. The average Bonchev–Trinajstić information content (AvgIpc) is 2.94. The number of aromatic nitrogens is 2. The molecular formula is C14H11F6N3O. The molecule has 2 aromatic rings. The molecule has 0 atom stereocenters. The van der Waals surface area contributed by atoms with E-state index in [9.17, 15) is 31.1 Å². The van der Waals surface area contributed by atoms with Crippen LogP contribution in [0.4, 0.5) is 32.0 Å². The zero-order valence-electron chi connectivity index (χ0n) is 12.2. The number of carbonyl (C=O) groups excluding carboxylic acids is 1. The average molecular weight is 351 g/mol. The summed E-state index contributed by atoms with van der Waals surface area (Å²) in [6.45, 7) is 2.20. The number of hydrogen-bond donors (Lipinski definition) is 1. The van der Waals surface area contributed by atoms with Crippen LogP contribution in [0, 0.1) is 0 Å². The molecule has 0 spiro atoms. The number of anilines is 1. The van der Waals surface area contributed by atoms with Crippen LogP contribution >= 0.6 is 0 Å². The topological polar surface area (TPSA) is 46.9 Å². The van der Waals surface area contributed by atoms with Gasteiger partial charge in [0.25, 0.3) is 5.91 Å². The van der Waals surface area contributed by atoms with Crippen LogP contribution in [-0.2, 0) is 18.9 Å². The number of alkyl halides is 6. The van der Waals surface area contributed by atoms with E-state index in [1.165, 1.54) is 10.9 Å². The summed E-state index contributed by atoms with van der Waals surface area (Å²) >= 11 is 0. The second-order valence-corrected chi connectivity index (χ2v) is 4.83. The second-order valence-electron chi connectivity index (χ2n) is 4.83. The number of rotatable bonds is 3. The van der Waals surface area contributed by atoms with E-state index in [1.807, 2.05) is 5.32 Å². The molecule has 0 aliphatic heterocycles. The van der Waals surface area contributed by atoms with Crippen molar-refractivity contribution in [1.29, 1.82) is 0 Å². The molecule has 1 N–H and O–H groups in total. The minimum Gasteiger partial charge on any atom is -0.322 e. The predicted molar refractivity (Wildman–Crippen MR) is 72.3 cm³/mol. The lowest BCUT2D eigenvalue weighted by Crippen LogP contribution is -2.15. The van der Waals surface area contributed by atoms with E-state index in [4.69, 9.17) is 0 Å². The van der Waals surface area contributed by atoms with Crippen LogP contribution in [0.3, 0.4) is 0 Å². The van der Waals surface area contributed by atoms with Crippen molar-refractivity contribution in [3.8, 4) is 0 Å². The minimum absolute atomic E-state index is 0.00916. The number of nitrogens with one attached hydrogen (secondary N) is 1. The summed E-state index contributed by atoms with van der Waals surface area (Å²) < 4.78 is 77.9. The van der Waals surface area contributed by atoms with Gasteiger partial charge in [-0.3, -0.25) is 9.48 Å². The quantitative estimate of drug-likeness (QED) is 0.843. The first-order valence-corrected chi connectivity index (χ1v) is 6.64. The lowest BCUT2D eigenvalue weighted by atomic mass is 10.1. The molecule has 4 nitrogen and oxygen atoms in total. The zero-order chi connectivity index (χ0) is 18.1. The van der Waals surface area contributed by atoms with Gasteiger partial charge in [-0.05, 0) is 25.1 Å². The van der Waals surface area contributed by atoms with E-state index in [-0.39, 0.29) is 11.6 Å². The predicted octanol–water partition coefficient (Wildman–Crippen LogP) is 4.19. The summed E-state index contributed by atoms with van der Waals surface area (Å²) in [6, 6.07) is 0.875. The van der Waals surface area contributed by atoms with Crippen LogP contribution in [-0.4, -0.2) is 15.7 Å². The van der Waals surface area contributed by atoms with Gasteiger partial charge in [0, 0.05) is 18.4 Å². The van der Waals surface area contributed by atoms with Crippen LogP contribution in [0.5, 0.6) is 0 Å². The van der Waals surface area contributed by atoms with Gasteiger partial charge in [-0.1, -0.05) is 0 Å². The Bertz CT molecular complexity index is 715. The van der Waals surface area contributed by atoms with Gasteiger partial charge in [0.2, 0.25) is 0 Å². The summed E-state index contributed by atoms with van der Waals surface area (Å²) in [5.41, 5.74) is -3.59. The molecule has 1 amide bonds. The van der Waals surface area contributed by atoms with E-state index in [0.29, 0.717) is 18.7 Å². The smallest absolute Gasteiger partial charge is 0.322 e. The van der Waals surface area contributed by atoms with Gasteiger partial charge in [-0.2, -0.15) is 31.4 Å². The Morgan fingerprint density at radius 2 is 1.62 bits per heavy atom. The summed E-state index contributed by atoms with van der Waals surface area (Å²) in [5.74, 6) is -0.859. The van der Waals surface area contributed by atoms with Crippen molar-refractivity contribution < 1.29 is 31.1 Å². The van der Waals surface area contributed by atoms with Crippen molar-refractivity contribution in [3.05, 3.63) is 47.3 Å². The van der Waals surface area contributed by atoms with Gasteiger partial charge in [-0.25, -0.2) is 0 Å². The van der Waals surface area contributed by atoms with Gasteiger partial charge in [0.05, 0.1) is 22.9 Å². The van der Waals surface area contributed by atoms with Crippen molar-refractivity contribution in [1.82, 2.24) is 9.78 Å².